The maximum atomic E-state index is 12.4. The molecule has 120 valence electrons. The smallest absolute Gasteiger partial charge is 0.215 e. The van der Waals surface area contributed by atoms with Crippen LogP contribution in [-0.4, -0.2) is 58.0 Å². The van der Waals surface area contributed by atoms with E-state index in [0.717, 1.165) is 31.9 Å². The normalized spacial score (nSPS) is 25.0. The Bertz CT molecular complexity index is 502. The average Bonchev–Trinajstić information content (AvgIpc) is 2.37. The van der Waals surface area contributed by atoms with Gasteiger partial charge in [0.25, 0.3) is 0 Å². The molecular weight excluding hydrogens is 300 g/mol. The summed E-state index contributed by atoms with van der Waals surface area (Å²) in [5.74, 6) is -0.490. The molecule has 0 aromatic rings. The van der Waals surface area contributed by atoms with Gasteiger partial charge in [-0.05, 0) is 25.3 Å². The van der Waals surface area contributed by atoms with E-state index in [-0.39, 0.29) is 23.5 Å². The quantitative estimate of drug-likeness (QED) is 0.721. The largest absolute Gasteiger partial charge is 0.330 e. The van der Waals surface area contributed by atoms with E-state index in [4.69, 9.17) is 5.73 Å². The van der Waals surface area contributed by atoms with E-state index in [9.17, 15) is 16.8 Å². The van der Waals surface area contributed by atoms with Crippen molar-refractivity contribution in [3.05, 3.63) is 0 Å². The summed E-state index contributed by atoms with van der Waals surface area (Å²) in [6.45, 7) is 2.64. The number of nitrogens with two attached hydrogens (primary N) is 1. The van der Waals surface area contributed by atoms with Gasteiger partial charge < -0.3 is 5.73 Å². The van der Waals surface area contributed by atoms with Crippen LogP contribution in [0.4, 0.5) is 0 Å². The summed E-state index contributed by atoms with van der Waals surface area (Å²) in [6.07, 6.45) is 4.90. The fraction of sp³-hybridized carbons (Fsp3) is 1.00. The van der Waals surface area contributed by atoms with Crippen LogP contribution in [0, 0.1) is 5.92 Å². The Hall–Kier alpha value is -0.180. The molecule has 1 rings (SSSR count). The Morgan fingerprint density at radius 2 is 1.70 bits per heavy atom. The van der Waals surface area contributed by atoms with E-state index in [0.29, 0.717) is 13.1 Å². The van der Waals surface area contributed by atoms with Gasteiger partial charge in [0.2, 0.25) is 10.0 Å². The Kier molecular flexibility index (Phi) is 6.43. The predicted octanol–water partition coefficient (Wildman–Crippen LogP) is 0.200. The van der Waals surface area contributed by atoms with Crippen molar-refractivity contribution in [3.63, 3.8) is 0 Å². The van der Waals surface area contributed by atoms with Gasteiger partial charge in [0.15, 0.2) is 0 Å². The Morgan fingerprint density at radius 3 is 2.20 bits per heavy atom. The standard InChI is InChI=1S/C12H26N2O4S2/c1-3-14(12-7-5-4-6-11(12)10-13)20(17,18)9-8-19(2,15)16/h11-12H,3-10,13H2,1-2H3. The SMILES string of the molecule is CCN(C1CCCCC1CN)S(=O)(=O)CCS(C)(=O)=O. The van der Waals surface area contributed by atoms with Crippen molar-refractivity contribution in [2.45, 2.75) is 38.6 Å². The van der Waals surface area contributed by atoms with E-state index in [1.165, 1.54) is 4.31 Å². The number of nitrogens with zero attached hydrogens (tertiary/aromatic N) is 1. The van der Waals surface area contributed by atoms with Gasteiger partial charge in [-0.25, -0.2) is 16.8 Å². The van der Waals surface area contributed by atoms with Gasteiger partial charge >= 0.3 is 0 Å². The Labute approximate surface area is 122 Å². The first-order valence-electron chi connectivity index (χ1n) is 7.08. The average molecular weight is 326 g/mol. The predicted molar refractivity (Wildman–Crippen MR) is 80.7 cm³/mol. The van der Waals surface area contributed by atoms with Crippen molar-refractivity contribution in [3.8, 4) is 0 Å². The third-order valence-electron chi connectivity index (χ3n) is 3.92. The van der Waals surface area contributed by atoms with E-state index in [1.54, 1.807) is 6.92 Å². The first kappa shape index (κ1) is 17.9. The van der Waals surface area contributed by atoms with E-state index < -0.39 is 19.9 Å². The molecule has 0 aliphatic heterocycles. The number of sulfonamides is 1. The molecule has 0 radical (unpaired) electrons. The van der Waals surface area contributed by atoms with Crippen molar-refractivity contribution >= 4 is 19.9 Å². The lowest BCUT2D eigenvalue weighted by molar-refractivity contribution is 0.188. The highest BCUT2D eigenvalue weighted by Gasteiger charge is 2.35. The summed E-state index contributed by atoms with van der Waals surface area (Å²) in [5, 5.41) is 0. The molecule has 20 heavy (non-hydrogen) atoms. The molecule has 2 N–H and O–H groups in total. The molecule has 0 aromatic carbocycles. The van der Waals surface area contributed by atoms with Gasteiger partial charge in [0.1, 0.15) is 9.84 Å². The lowest BCUT2D eigenvalue weighted by Gasteiger charge is -2.38. The fourth-order valence-corrected chi connectivity index (χ4v) is 6.23. The molecule has 0 saturated heterocycles. The monoisotopic (exact) mass is 326 g/mol. The van der Waals surface area contributed by atoms with Crippen LogP contribution in [0.15, 0.2) is 0 Å². The zero-order chi connectivity index (χ0) is 15.4. The molecular formula is C12H26N2O4S2. The molecule has 1 saturated carbocycles. The van der Waals surface area contributed by atoms with Crippen molar-refractivity contribution in [2.75, 3.05) is 30.9 Å². The van der Waals surface area contributed by atoms with Crippen LogP contribution in [-0.2, 0) is 19.9 Å². The molecule has 0 spiro atoms. The van der Waals surface area contributed by atoms with Gasteiger partial charge in [0, 0.05) is 18.8 Å². The second-order valence-electron chi connectivity index (χ2n) is 5.50. The number of rotatable bonds is 7. The second kappa shape index (κ2) is 7.20. The highest BCUT2D eigenvalue weighted by molar-refractivity contribution is 7.93. The molecule has 0 amide bonds. The molecule has 6 nitrogen and oxygen atoms in total. The van der Waals surface area contributed by atoms with Crippen molar-refractivity contribution in [1.82, 2.24) is 4.31 Å². The summed E-state index contributed by atoms with van der Waals surface area (Å²) in [7, 11) is -6.83. The highest BCUT2D eigenvalue weighted by atomic mass is 32.2. The topological polar surface area (TPSA) is 97.5 Å². The maximum absolute atomic E-state index is 12.4. The molecule has 2 unspecified atom stereocenters. The lowest BCUT2D eigenvalue weighted by atomic mass is 9.84. The second-order valence-corrected chi connectivity index (χ2v) is 9.80. The molecule has 2 atom stereocenters. The zero-order valence-corrected chi connectivity index (χ0v) is 13.9. The summed E-state index contributed by atoms with van der Waals surface area (Å²) in [5.41, 5.74) is 5.76. The first-order chi connectivity index (χ1) is 9.21. The summed E-state index contributed by atoms with van der Waals surface area (Å²) in [6, 6.07) is -0.0803. The molecule has 1 fully saturated rings. The lowest BCUT2D eigenvalue weighted by Crippen LogP contribution is -2.49. The van der Waals surface area contributed by atoms with E-state index >= 15 is 0 Å². The molecule has 0 bridgehead atoms. The Morgan fingerprint density at radius 1 is 1.10 bits per heavy atom. The summed E-state index contributed by atoms with van der Waals surface area (Å²) >= 11 is 0. The van der Waals surface area contributed by atoms with Crippen LogP contribution in [0.2, 0.25) is 0 Å². The van der Waals surface area contributed by atoms with Crippen molar-refractivity contribution < 1.29 is 16.8 Å². The van der Waals surface area contributed by atoms with Crippen LogP contribution < -0.4 is 5.73 Å². The summed E-state index contributed by atoms with van der Waals surface area (Å²) < 4.78 is 48.6. The van der Waals surface area contributed by atoms with Gasteiger partial charge in [-0.1, -0.05) is 19.8 Å². The van der Waals surface area contributed by atoms with E-state index in [2.05, 4.69) is 0 Å². The van der Waals surface area contributed by atoms with Gasteiger partial charge in [-0.2, -0.15) is 4.31 Å². The minimum absolute atomic E-state index is 0.0803. The first-order valence-corrected chi connectivity index (χ1v) is 10.8. The van der Waals surface area contributed by atoms with Gasteiger partial charge in [-0.15, -0.1) is 0 Å². The van der Waals surface area contributed by atoms with Crippen LogP contribution in [0.5, 0.6) is 0 Å². The third kappa shape index (κ3) is 4.98. The van der Waals surface area contributed by atoms with Gasteiger partial charge in [-0.3, -0.25) is 0 Å². The Balaban J connectivity index is 2.87. The van der Waals surface area contributed by atoms with E-state index in [1.807, 2.05) is 0 Å². The van der Waals surface area contributed by atoms with Crippen molar-refractivity contribution in [2.24, 2.45) is 11.7 Å². The molecule has 1 aliphatic rings. The zero-order valence-electron chi connectivity index (χ0n) is 12.3. The number of hydrogen-bond donors (Lipinski definition) is 1. The van der Waals surface area contributed by atoms with Crippen molar-refractivity contribution in [1.29, 1.82) is 0 Å². The molecule has 8 heteroatoms. The van der Waals surface area contributed by atoms with Crippen LogP contribution in [0.1, 0.15) is 32.6 Å². The fourth-order valence-electron chi connectivity index (χ4n) is 2.85. The van der Waals surface area contributed by atoms with Gasteiger partial charge in [0.05, 0.1) is 11.5 Å². The van der Waals surface area contributed by atoms with Crippen LogP contribution in [0.25, 0.3) is 0 Å². The minimum Gasteiger partial charge on any atom is -0.330 e. The van der Waals surface area contributed by atoms with Crippen LogP contribution in [0.3, 0.4) is 0 Å². The molecule has 0 heterocycles. The summed E-state index contributed by atoms with van der Waals surface area (Å²) in [4.78, 5) is 0. The van der Waals surface area contributed by atoms with Crippen LogP contribution >= 0.6 is 0 Å². The molecule has 1 aliphatic carbocycles. The third-order valence-corrected chi connectivity index (χ3v) is 7.09. The maximum Gasteiger partial charge on any atom is 0.215 e. The number of sulfone groups is 1. The number of hydrogen-bond acceptors (Lipinski definition) is 5. The minimum atomic E-state index is -3.55. The molecule has 0 aromatic heterocycles. The highest BCUT2D eigenvalue weighted by Crippen LogP contribution is 2.29.